The molecule has 1 aromatic heterocycles. The maximum Gasteiger partial charge on any atom is 0.326 e. The van der Waals surface area contributed by atoms with Gasteiger partial charge in [0.2, 0.25) is 0 Å². The minimum atomic E-state index is -1.10. The molecule has 1 aliphatic rings. The van der Waals surface area contributed by atoms with Crippen molar-refractivity contribution in [1.82, 2.24) is 9.88 Å². The van der Waals surface area contributed by atoms with Crippen LogP contribution in [0.5, 0.6) is 0 Å². The summed E-state index contributed by atoms with van der Waals surface area (Å²) in [5.41, 5.74) is 1.80. The fourth-order valence-electron chi connectivity index (χ4n) is 2.91. The van der Waals surface area contributed by atoms with Crippen molar-refractivity contribution in [1.29, 1.82) is 0 Å². The number of carboxylic acids is 1. The van der Waals surface area contributed by atoms with Gasteiger partial charge in [-0.15, -0.1) is 0 Å². The zero-order valence-electron chi connectivity index (χ0n) is 12.1. The van der Waals surface area contributed by atoms with Crippen molar-refractivity contribution in [2.45, 2.75) is 25.5 Å². The number of rotatable bonds is 2. The number of fused-ring (bicyclic) bond motifs is 1. The molecule has 6 heteroatoms. The van der Waals surface area contributed by atoms with Crippen molar-refractivity contribution in [2.75, 3.05) is 6.54 Å². The average Bonchev–Trinajstić information content (AvgIpc) is 2.88. The van der Waals surface area contributed by atoms with Crippen LogP contribution in [0, 0.1) is 6.92 Å². The largest absolute Gasteiger partial charge is 0.480 e. The molecule has 2 atom stereocenters. The number of hydrogen-bond acceptors (Lipinski definition) is 4. The zero-order chi connectivity index (χ0) is 15.9. The molecule has 2 unspecified atom stereocenters. The molecule has 1 fully saturated rings. The molecule has 1 amide bonds. The monoisotopic (exact) mass is 300 g/mol. The lowest BCUT2D eigenvalue weighted by Crippen LogP contribution is -2.40. The Morgan fingerprint density at radius 1 is 1.32 bits per heavy atom. The van der Waals surface area contributed by atoms with Gasteiger partial charge in [0, 0.05) is 24.0 Å². The van der Waals surface area contributed by atoms with E-state index in [0.717, 1.165) is 0 Å². The summed E-state index contributed by atoms with van der Waals surface area (Å²) in [6, 6.07) is 7.92. The number of likely N-dealkylation sites (tertiary alicyclic amines) is 1. The van der Waals surface area contributed by atoms with Crippen LogP contribution in [-0.2, 0) is 4.79 Å². The third-order valence-electron chi connectivity index (χ3n) is 3.90. The number of hydrogen-bond donors (Lipinski definition) is 2. The molecule has 2 N–H and O–H groups in total. The maximum absolute atomic E-state index is 12.8. The lowest BCUT2D eigenvalue weighted by atomic mass is 10.1. The summed E-state index contributed by atoms with van der Waals surface area (Å²) < 4.78 is 0. The van der Waals surface area contributed by atoms with Crippen LogP contribution >= 0.6 is 0 Å². The molecule has 2 aromatic rings. The minimum Gasteiger partial charge on any atom is -0.480 e. The van der Waals surface area contributed by atoms with Crippen molar-refractivity contribution in [3.05, 3.63) is 41.6 Å². The number of carbonyl (C=O) groups excluding carboxylic acids is 1. The van der Waals surface area contributed by atoms with E-state index < -0.39 is 18.1 Å². The predicted octanol–water partition coefficient (Wildman–Crippen LogP) is 1.20. The van der Waals surface area contributed by atoms with Crippen molar-refractivity contribution in [2.24, 2.45) is 0 Å². The van der Waals surface area contributed by atoms with Gasteiger partial charge in [-0.2, -0.15) is 0 Å². The average molecular weight is 300 g/mol. The smallest absolute Gasteiger partial charge is 0.326 e. The van der Waals surface area contributed by atoms with Crippen LogP contribution in [0.4, 0.5) is 0 Å². The molecule has 0 radical (unpaired) electrons. The Hall–Kier alpha value is -2.47. The summed E-state index contributed by atoms with van der Waals surface area (Å²) in [4.78, 5) is 29.7. The Bertz CT molecular complexity index is 759. The van der Waals surface area contributed by atoms with E-state index in [1.165, 1.54) is 4.90 Å². The van der Waals surface area contributed by atoms with Crippen molar-refractivity contribution in [3.8, 4) is 0 Å². The summed E-state index contributed by atoms with van der Waals surface area (Å²) in [7, 11) is 0. The predicted molar refractivity (Wildman–Crippen MR) is 79.6 cm³/mol. The van der Waals surface area contributed by atoms with Gasteiger partial charge in [-0.1, -0.05) is 18.2 Å². The third kappa shape index (κ3) is 2.42. The van der Waals surface area contributed by atoms with Crippen LogP contribution in [0.1, 0.15) is 22.5 Å². The Labute approximate surface area is 127 Å². The van der Waals surface area contributed by atoms with Gasteiger partial charge in [-0.25, -0.2) is 4.79 Å². The standard InChI is InChI=1S/C16H16N2O4/c1-9-6-12(11-4-2-3-5-13(11)17-9)15(20)18-8-10(19)7-14(18)16(21)22/h2-6,10,14,19H,7-8H2,1H3,(H,21,22). The van der Waals surface area contributed by atoms with Gasteiger partial charge < -0.3 is 15.1 Å². The van der Waals surface area contributed by atoms with E-state index >= 15 is 0 Å². The number of aryl methyl sites for hydroxylation is 1. The summed E-state index contributed by atoms with van der Waals surface area (Å²) in [6.07, 6.45) is -0.748. The number of aliphatic carboxylic acids is 1. The van der Waals surface area contributed by atoms with E-state index in [-0.39, 0.29) is 18.9 Å². The van der Waals surface area contributed by atoms with E-state index in [1.807, 2.05) is 18.2 Å². The Morgan fingerprint density at radius 3 is 2.77 bits per heavy atom. The van der Waals surface area contributed by atoms with E-state index in [1.54, 1.807) is 19.1 Å². The van der Waals surface area contributed by atoms with Crippen molar-refractivity contribution >= 4 is 22.8 Å². The summed E-state index contributed by atoms with van der Waals surface area (Å²) in [5, 5.41) is 19.6. The number of pyridine rings is 1. The molecule has 2 heterocycles. The fraction of sp³-hybridized carbons (Fsp3) is 0.312. The van der Waals surface area contributed by atoms with Gasteiger partial charge in [0.25, 0.3) is 5.91 Å². The second-order valence-corrected chi connectivity index (χ2v) is 5.53. The number of aliphatic hydroxyl groups excluding tert-OH is 1. The first-order valence-electron chi connectivity index (χ1n) is 7.05. The van der Waals surface area contributed by atoms with Gasteiger partial charge >= 0.3 is 5.97 Å². The first-order valence-corrected chi connectivity index (χ1v) is 7.05. The minimum absolute atomic E-state index is 0.0332. The molecule has 3 rings (SSSR count). The number of para-hydroxylation sites is 1. The number of amides is 1. The van der Waals surface area contributed by atoms with Crippen LogP contribution in [-0.4, -0.2) is 50.7 Å². The number of benzene rings is 1. The molecule has 1 aliphatic heterocycles. The third-order valence-corrected chi connectivity index (χ3v) is 3.90. The number of carboxylic acid groups (broad SMARTS) is 1. The number of carbonyl (C=O) groups is 2. The Balaban J connectivity index is 2.07. The van der Waals surface area contributed by atoms with Gasteiger partial charge in [0.15, 0.2) is 0 Å². The topological polar surface area (TPSA) is 90.7 Å². The lowest BCUT2D eigenvalue weighted by Gasteiger charge is -2.22. The van der Waals surface area contributed by atoms with Gasteiger partial charge in [0.05, 0.1) is 17.2 Å². The highest BCUT2D eigenvalue weighted by Crippen LogP contribution is 2.25. The Morgan fingerprint density at radius 2 is 2.05 bits per heavy atom. The molecule has 0 bridgehead atoms. The van der Waals surface area contributed by atoms with Crippen LogP contribution in [0.2, 0.25) is 0 Å². The number of aromatic nitrogens is 1. The molecule has 0 spiro atoms. The summed E-state index contributed by atoms with van der Waals surface area (Å²) in [5.74, 6) is -1.48. The molecule has 6 nitrogen and oxygen atoms in total. The van der Waals surface area contributed by atoms with Gasteiger partial charge in [0.1, 0.15) is 6.04 Å². The number of nitrogens with zero attached hydrogens (tertiary/aromatic N) is 2. The second kappa shape index (κ2) is 5.38. The van der Waals surface area contributed by atoms with Gasteiger partial charge in [-0.3, -0.25) is 9.78 Å². The van der Waals surface area contributed by atoms with Crippen molar-refractivity contribution < 1.29 is 19.8 Å². The molecule has 1 saturated heterocycles. The van der Waals surface area contributed by atoms with Crippen molar-refractivity contribution in [3.63, 3.8) is 0 Å². The van der Waals surface area contributed by atoms with E-state index in [4.69, 9.17) is 0 Å². The highest BCUT2D eigenvalue weighted by Gasteiger charge is 2.39. The molecule has 22 heavy (non-hydrogen) atoms. The fourth-order valence-corrected chi connectivity index (χ4v) is 2.91. The molecule has 0 saturated carbocycles. The highest BCUT2D eigenvalue weighted by molar-refractivity contribution is 6.07. The summed E-state index contributed by atoms with van der Waals surface area (Å²) >= 11 is 0. The SMILES string of the molecule is Cc1cc(C(=O)N2CC(O)CC2C(=O)O)c2ccccc2n1. The summed E-state index contributed by atoms with van der Waals surface area (Å²) in [6.45, 7) is 1.82. The normalized spacial score (nSPS) is 21.3. The molecule has 0 aliphatic carbocycles. The number of aliphatic hydroxyl groups is 1. The zero-order valence-corrected chi connectivity index (χ0v) is 12.1. The number of β-amino-alcohol motifs (C(OH)–C–C–N with tert-alkyl or cyclic N) is 1. The molecule has 1 aromatic carbocycles. The van der Waals surface area contributed by atoms with Crippen LogP contribution < -0.4 is 0 Å². The molecular weight excluding hydrogens is 284 g/mol. The van der Waals surface area contributed by atoms with Crippen LogP contribution in [0.25, 0.3) is 10.9 Å². The molecular formula is C16H16N2O4. The first-order chi connectivity index (χ1) is 10.5. The first kappa shape index (κ1) is 14.5. The molecule has 114 valence electrons. The lowest BCUT2D eigenvalue weighted by molar-refractivity contribution is -0.141. The quantitative estimate of drug-likeness (QED) is 0.869. The maximum atomic E-state index is 12.8. The van der Waals surface area contributed by atoms with Crippen LogP contribution in [0.3, 0.4) is 0 Å². The second-order valence-electron chi connectivity index (χ2n) is 5.53. The van der Waals surface area contributed by atoms with Crippen LogP contribution in [0.15, 0.2) is 30.3 Å². The van der Waals surface area contributed by atoms with E-state index in [9.17, 15) is 19.8 Å². The highest BCUT2D eigenvalue weighted by atomic mass is 16.4. The van der Waals surface area contributed by atoms with Gasteiger partial charge in [-0.05, 0) is 19.1 Å². The van der Waals surface area contributed by atoms with E-state index in [0.29, 0.717) is 22.2 Å². The van der Waals surface area contributed by atoms with E-state index in [2.05, 4.69) is 4.98 Å². The Kier molecular flexibility index (Phi) is 3.54.